The van der Waals surface area contributed by atoms with Crippen molar-refractivity contribution in [2.45, 2.75) is 41.2 Å². The number of hydrogen-bond donors (Lipinski definition) is 1. The first-order chi connectivity index (χ1) is 12.3. The number of benzene rings is 2. The van der Waals surface area contributed by atoms with Crippen molar-refractivity contribution in [3.8, 4) is 0 Å². The maximum absolute atomic E-state index is 12.6. The molecular formula is C22H24N2O2. The highest BCUT2D eigenvalue weighted by Crippen LogP contribution is 2.22. The third-order valence-corrected chi connectivity index (χ3v) is 4.84. The average molecular weight is 348 g/mol. The predicted molar refractivity (Wildman–Crippen MR) is 107 cm³/mol. The zero-order chi connectivity index (χ0) is 19.0. The number of amides is 1. The summed E-state index contributed by atoms with van der Waals surface area (Å²) in [6.45, 7) is 9.98. The molecule has 4 heteroatoms. The molecule has 0 unspecified atom stereocenters. The summed E-state index contributed by atoms with van der Waals surface area (Å²) in [5, 5.41) is 3.91. The lowest BCUT2D eigenvalue weighted by Crippen LogP contribution is -2.28. The number of aryl methyl sites for hydroxylation is 5. The molecule has 0 bridgehead atoms. The summed E-state index contributed by atoms with van der Waals surface area (Å²) in [6.07, 6.45) is 0. The Bertz CT molecular complexity index is 1080. The van der Waals surface area contributed by atoms with Gasteiger partial charge >= 0.3 is 0 Å². The van der Waals surface area contributed by atoms with E-state index in [9.17, 15) is 9.59 Å². The van der Waals surface area contributed by atoms with Crippen LogP contribution in [0.1, 0.15) is 27.8 Å². The summed E-state index contributed by atoms with van der Waals surface area (Å²) >= 11 is 0. The minimum Gasteiger partial charge on any atom is -0.325 e. The second kappa shape index (κ2) is 6.79. The van der Waals surface area contributed by atoms with Crippen LogP contribution in [0.3, 0.4) is 0 Å². The number of aromatic nitrogens is 1. The van der Waals surface area contributed by atoms with E-state index in [0.29, 0.717) is 0 Å². The van der Waals surface area contributed by atoms with Gasteiger partial charge in [0.1, 0.15) is 6.54 Å². The maximum Gasteiger partial charge on any atom is 0.251 e. The number of nitrogens with zero attached hydrogens (tertiary/aromatic N) is 1. The molecule has 0 saturated carbocycles. The zero-order valence-corrected chi connectivity index (χ0v) is 15.9. The highest BCUT2D eigenvalue weighted by atomic mass is 16.2. The van der Waals surface area contributed by atoms with Gasteiger partial charge in [-0.2, -0.15) is 0 Å². The Morgan fingerprint density at radius 3 is 2.31 bits per heavy atom. The van der Waals surface area contributed by atoms with Gasteiger partial charge in [-0.3, -0.25) is 14.2 Å². The Morgan fingerprint density at radius 1 is 0.885 bits per heavy atom. The number of hydrogen-bond acceptors (Lipinski definition) is 2. The number of carbonyl (C=O) groups excluding carboxylic acids is 1. The molecule has 134 valence electrons. The van der Waals surface area contributed by atoms with Gasteiger partial charge in [0.25, 0.3) is 5.56 Å². The summed E-state index contributed by atoms with van der Waals surface area (Å²) in [6, 6.07) is 11.5. The van der Waals surface area contributed by atoms with Crippen LogP contribution in [0.4, 0.5) is 5.69 Å². The van der Waals surface area contributed by atoms with Crippen LogP contribution < -0.4 is 10.9 Å². The number of pyridine rings is 1. The lowest BCUT2D eigenvalue weighted by molar-refractivity contribution is -0.116. The summed E-state index contributed by atoms with van der Waals surface area (Å²) in [7, 11) is 0. The lowest BCUT2D eigenvalue weighted by atomic mass is 10.0. The third kappa shape index (κ3) is 3.40. The van der Waals surface area contributed by atoms with E-state index < -0.39 is 0 Å². The number of anilines is 1. The van der Waals surface area contributed by atoms with Crippen LogP contribution in [0.25, 0.3) is 10.9 Å². The maximum atomic E-state index is 12.6. The summed E-state index contributed by atoms with van der Waals surface area (Å²) < 4.78 is 1.56. The molecule has 4 nitrogen and oxygen atoms in total. The van der Waals surface area contributed by atoms with Gasteiger partial charge in [0.05, 0.1) is 5.52 Å². The van der Waals surface area contributed by atoms with Crippen molar-refractivity contribution < 1.29 is 4.79 Å². The van der Waals surface area contributed by atoms with Crippen LogP contribution in [-0.4, -0.2) is 10.5 Å². The molecule has 0 saturated heterocycles. The molecule has 0 aliphatic carbocycles. The van der Waals surface area contributed by atoms with Crippen molar-refractivity contribution in [3.05, 3.63) is 74.6 Å². The molecule has 2 aromatic carbocycles. The van der Waals surface area contributed by atoms with Gasteiger partial charge in [-0.1, -0.05) is 17.7 Å². The number of nitrogens with one attached hydrogen (secondary N) is 1. The summed E-state index contributed by atoms with van der Waals surface area (Å²) in [5.41, 5.74) is 6.79. The summed E-state index contributed by atoms with van der Waals surface area (Å²) in [4.78, 5) is 25.1. The Labute approximate surface area is 153 Å². The minimum atomic E-state index is -0.208. The normalized spacial score (nSPS) is 11.0. The number of fused-ring (bicyclic) bond motifs is 1. The molecule has 26 heavy (non-hydrogen) atoms. The quantitative estimate of drug-likeness (QED) is 0.772. The number of rotatable bonds is 3. The topological polar surface area (TPSA) is 51.1 Å². The fourth-order valence-corrected chi connectivity index (χ4v) is 3.39. The summed E-state index contributed by atoms with van der Waals surface area (Å²) in [5.74, 6) is -0.208. The lowest BCUT2D eigenvalue weighted by Gasteiger charge is -2.15. The van der Waals surface area contributed by atoms with E-state index in [1.807, 2.05) is 58.9 Å². The first-order valence-corrected chi connectivity index (χ1v) is 8.75. The van der Waals surface area contributed by atoms with Gasteiger partial charge < -0.3 is 5.32 Å². The van der Waals surface area contributed by atoms with Crippen LogP contribution in [-0.2, 0) is 11.3 Å². The van der Waals surface area contributed by atoms with E-state index in [4.69, 9.17) is 0 Å². The molecule has 3 aromatic rings. The fraction of sp³-hybridized carbons (Fsp3) is 0.273. The van der Waals surface area contributed by atoms with Crippen molar-refractivity contribution >= 4 is 22.5 Å². The monoisotopic (exact) mass is 348 g/mol. The van der Waals surface area contributed by atoms with Crippen LogP contribution in [0.5, 0.6) is 0 Å². The van der Waals surface area contributed by atoms with E-state index in [2.05, 4.69) is 11.4 Å². The van der Waals surface area contributed by atoms with Crippen molar-refractivity contribution in [2.24, 2.45) is 0 Å². The van der Waals surface area contributed by atoms with Gasteiger partial charge in [0.15, 0.2) is 0 Å². The third-order valence-electron chi connectivity index (χ3n) is 4.84. The molecule has 1 aromatic heterocycles. The molecule has 0 radical (unpaired) electrons. The number of carbonyl (C=O) groups is 1. The zero-order valence-electron chi connectivity index (χ0n) is 15.9. The first kappa shape index (κ1) is 17.9. The van der Waals surface area contributed by atoms with E-state index >= 15 is 0 Å². The van der Waals surface area contributed by atoms with Gasteiger partial charge in [0, 0.05) is 17.1 Å². The van der Waals surface area contributed by atoms with E-state index in [1.54, 1.807) is 10.6 Å². The van der Waals surface area contributed by atoms with E-state index in [-0.39, 0.29) is 18.0 Å². The molecule has 3 rings (SSSR count). The van der Waals surface area contributed by atoms with Gasteiger partial charge in [-0.25, -0.2) is 0 Å². The second-order valence-electron chi connectivity index (χ2n) is 7.08. The van der Waals surface area contributed by atoms with Crippen LogP contribution >= 0.6 is 0 Å². The van der Waals surface area contributed by atoms with Crippen LogP contribution in [0.15, 0.2) is 41.2 Å². The Hall–Kier alpha value is -2.88. The molecule has 0 atom stereocenters. The Balaban J connectivity index is 1.99. The highest BCUT2D eigenvalue weighted by Gasteiger charge is 2.13. The Kier molecular flexibility index (Phi) is 4.68. The first-order valence-electron chi connectivity index (χ1n) is 8.75. The highest BCUT2D eigenvalue weighted by molar-refractivity contribution is 5.93. The minimum absolute atomic E-state index is 0.00750. The smallest absolute Gasteiger partial charge is 0.251 e. The average Bonchev–Trinajstić information content (AvgIpc) is 2.55. The molecule has 1 heterocycles. The molecule has 1 amide bonds. The van der Waals surface area contributed by atoms with Crippen molar-refractivity contribution in [3.63, 3.8) is 0 Å². The van der Waals surface area contributed by atoms with Crippen molar-refractivity contribution in [1.29, 1.82) is 0 Å². The van der Waals surface area contributed by atoms with E-state index in [0.717, 1.165) is 38.8 Å². The van der Waals surface area contributed by atoms with Gasteiger partial charge in [-0.15, -0.1) is 0 Å². The standard InChI is InChI=1S/C22H24N2O2/c1-13-8-17(5)22-19(9-13)16(4)11-21(26)24(22)12-20(25)23-18-7-6-14(2)15(3)10-18/h6-11H,12H2,1-5H3,(H,23,25). The molecule has 1 N–H and O–H groups in total. The SMILES string of the molecule is Cc1cc(C)c2c(c1)c(C)cc(=O)n2CC(=O)Nc1ccc(C)c(C)c1. The van der Waals surface area contributed by atoms with Gasteiger partial charge in [0.2, 0.25) is 5.91 Å². The molecule has 0 aliphatic rings. The largest absolute Gasteiger partial charge is 0.325 e. The van der Waals surface area contributed by atoms with Gasteiger partial charge in [-0.05, 0) is 75.1 Å². The van der Waals surface area contributed by atoms with E-state index in [1.165, 1.54) is 5.56 Å². The molecule has 0 spiro atoms. The van der Waals surface area contributed by atoms with Crippen molar-refractivity contribution in [1.82, 2.24) is 4.57 Å². The second-order valence-corrected chi connectivity index (χ2v) is 7.08. The molecule has 0 aliphatic heterocycles. The van der Waals surface area contributed by atoms with Crippen LogP contribution in [0.2, 0.25) is 0 Å². The fourth-order valence-electron chi connectivity index (χ4n) is 3.39. The predicted octanol–water partition coefficient (Wildman–Crippen LogP) is 4.18. The molecular weight excluding hydrogens is 324 g/mol. The van der Waals surface area contributed by atoms with Crippen molar-refractivity contribution in [2.75, 3.05) is 5.32 Å². The Morgan fingerprint density at radius 2 is 1.62 bits per heavy atom. The molecule has 0 fully saturated rings. The van der Waals surface area contributed by atoms with Crippen LogP contribution in [0, 0.1) is 34.6 Å².